The molecule has 0 radical (unpaired) electrons. The fourth-order valence-electron chi connectivity index (χ4n) is 3.68. The first kappa shape index (κ1) is 20.0. The summed E-state index contributed by atoms with van der Waals surface area (Å²) in [6.07, 6.45) is -0.848. The summed E-state index contributed by atoms with van der Waals surface area (Å²) in [6.45, 7) is 2.44. The number of rotatable bonds is 5. The van der Waals surface area contributed by atoms with Crippen LogP contribution >= 0.6 is 0 Å². The van der Waals surface area contributed by atoms with Gasteiger partial charge in [-0.15, -0.1) is 5.10 Å². The first-order valence-electron chi connectivity index (χ1n) is 9.77. The maximum atomic E-state index is 11.6. The topological polar surface area (TPSA) is 105 Å². The summed E-state index contributed by atoms with van der Waals surface area (Å²) in [4.78, 5) is 11.6. The number of carbonyl (C=O) groups excluding carboxylic acids is 1. The van der Waals surface area contributed by atoms with Crippen molar-refractivity contribution in [1.29, 1.82) is 0 Å². The highest BCUT2D eigenvalue weighted by atomic mass is 16.7. The first-order chi connectivity index (χ1) is 14.1. The number of nitrogens with zero attached hydrogens (tertiary/aromatic N) is 3. The summed E-state index contributed by atoms with van der Waals surface area (Å²) in [5.41, 5.74) is 1.98. The van der Waals surface area contributed by atoms with Crippen molar-refractivity contribution in [1.82, 2.24) is 15.0 Å². The predicted octanol–water partition coefficient (Wildman–Crippen LogP) is 0.692. The maximum Gasteiger partial charge on any atom is 0.303 e. The van der Waals surface area contributed by atoms with E-state index < -0.39 is 36.7 Å². The van der Waals surface area contributed by atoms with Gasteiger partial charge in [0.2, 0.25) is 0 Å². The highest BCUT2D eigenvalue weighted by Crippen LogP contribution is 2.29. The third kappa shape index (κ3) is 4.81. The number of hydrogen-bond donors (Lipinski definition) is 1. The Labute approximate surface area is 168 Å². The average molecular weight is 403 g/mol. The Kier molecular flexibility index (Phi) is 6.19. The molecule has 0 amide bonds. The molecule has 9 nitrogen and oxygen atoms in total. The SMILES string of the molecule is CC(=O)OC1C(O)C2OCCCOC1C(Cn1cc(Cc3ccccc3)nn1)O2. The summed E-state index contributed by atoms with van der Waals surface area (Å²) in [7, 11) is 0. The van der Waals surface area contributed by atoms with Gasteiger partial charge in [-0.05, 0) is 12.0 Å². The number of ether oxygens (including phenoxy) is 4. The van der Waals surface area contributed by atoms with Crippen LogP contribution in [0.5, 0.6) is 0 Å². The molecule has 4 heterocycles. The lowest BCUT2D eigenvalue weighted by atomic mass is 9.98. The van der Waals surface area contributed by atoms with E-state index in [1.165, 1.54) is 6.92 Å². The summed E-state index contributed by atoms with van der Waals surface area (Å²) >= 11 is 0. The third-order valence-electron chi connectivity index (χ3n) is 4.98. The van der Waals surface area contributed by atoms with Crippen LogP contribution in [0, 0.1) is 0 Å². The molecular weight excluding hydrogens is 378 g/mol. The normalized spacial score (nSPS) is 29.7. The Morgan fingerprint density at radius 1 is 1.28 bits per heavy atom. The molecule has 0 saturated carbocycles. The molecule has 1 aromatic carbocycles. The van der Waals surface area contributed by atoms with Crippen LogP contribution in [-0.4, -0.2) is 70.0 Å². The molecule has 1 aromatic heterocycles. The predicted molar refractivity (Wildman–Crippen MR) is 99.8 cm³/mol. The smallest absolute Gasteiger partial charge is 0.303 e. The number of esters is 1. The van der Waals surface area contributed by atoms with Gasteiger partial charge in [-0.1, -0.05) is 35.5 Å². The van der Waals surface area contributed by atoms with E-state index in [4.69, 9.17) is 18.9 Å². The standard InChI is InChI=1S/C20H25N3O6/c1-13(24)28-19-17(25)20-27-9-5-8-26-18(19)16(29-20)12-23-11-15(21-22-23)10-14-6-3-2-4-7-14/h2-4,6-7,11,16-20,25H,5,8-10,12H2,1H3. The largest absolute Gasteiger partial charge is 0.457 e. The highest BCUT2D eigenvalue weighted by molar-refractivity contribution is 5.66. The Morgan fingerprint density at radius 3 is 2.86 bits per heavy atom. The molecule has 2 bridgehead atoms. The van der Waals surface area contributed by atoms with E-state index in [9.17, 15) is 9.90 Å². The fourth-order valence-corrected chi connectivity index (χ4v) is 3.68. The Bertz CT molecular complexity index is 814. The van der Waals surface area contributed by atoms with E-state index in [0.717, 1.165) is 11.3 Å². The van der Waals surface area contributed by atoms with Gasteiger partial charge in [0.15, 0.2) is 12.4 Å². The van der Waals surface area contributed by atoms with Crippen LogP contribution in [0.1, 0.15) is 24.6 Å². The number of carbonyl (C=O) groups is 1. The van der Waals surface area contributed by atoms with Gasteiger partial charge in [-0.25, -0.2) is 4.68 Å². The van der Waals surface area contributed by atoms with Gasteiger partial charge in [0.1, 0.15) is 18.3 Å². The lowest BCUT2D eigenvalue weighted by molar-refractivity contribution is -0.298. The minimum Gasteiger partial charge on any atom is -0.457 e. The molecule has 1 N–H and O–H groups in total. The van der Waals surface area contributed by atoms with E-state index in [-0.39, 0.29) is 0 Å². The molecule has 3 aliphatic heterocycles. The van der Waals surface area contributed by atoms with Gasteiger partial charge in [0, 0.05) is 26.1 Å². The lowest BCUT2D eigenvalue weighted by Crippen LogP contribution is -2.60. The lowest BCUT2D eigenvalue weighted by Gasteiger charge is -2.42. The molecule has 3 aliphatic rings. The van der Waals surface area contributed by atoms with E-state index >= 15 is 0 Å². The van der Waals surface area contributed by atoms with Crippen LogP contribution in [0.2, 0.25) is 0 Å². The van der Waals surface area contributed by atoms with E-state index in [1.807, 2.05) is 36.5 Å². The first-order valence-corrected chi connectivity index (χ1v) is 9.77. The summed E-state index contributed by atoms with van der Waals surface area (Å²) < 4.78 is 24.5. The molecule has 5 unspecified atom stereocenters. The zero-order valence-electron chi connectivity index (χ0n) is 16.2. The molecule has 156 valence electrons. The van der Waals surface area contributed by atoms with Crippen molar-refractivity contribution in [3.05, 3.63) is 47.8 Å². The van der Waals surface area contributed by atoms with Crippen molar-refractivity contribution in [2.75, 3.05) is 13.2 Å². The van der Waals surface area contributed by atoms with Crippen molar-refractivity contribution >= 4 is 5.97 Å². The number of aliphatic hydroxyl groups is 1. The maximum absolute atomic E-state index is 11.6. The van der Waals surface area contributed by atoms with Crippen LogP contribution < -0.4 is 0 Å². The molecule has 3 fully saturated rings. The van der Waals surface area contributed by atoms with E-state index in [0.29, 0.717) is 32.6 Å². The minimum atomic E-state index is -1.12. The molecule has 0 aliphatic carbocycles. The Balaban J connectivity index is 1.50. The minimum absolute atomic E-state index is 0.330. The van der Waals surface area contributed by atoms with Crippen molar-refractivity contribution < 1.29 is 28.8 Å². The summed E-state index contributed by atoms with van der Waals surface area (Å²) in [5.74, 6) is -0.493. The van der Waals surface area contributed by atoms with Gasteiger partial charge < -0.3 is 24.1 Å². The van der Waals surface area contributed by atoms with Gasteiger partial charge in [-0.2, -0.15) is 0 Å². The van der Waals surface area contributed by atoms with Crippen LogP contribution in [-0.2, 0) is 36.7 Å². The molecule has 5 atom stereocenters. The summed E-state index contributed by atoms with van der Waals surface area (Å²) in [6, 6.07) is 10.0. The molecule has 9 heteroatoms. The fraction of sp³-hybridized carbons (Fsp3) is 0.550. The molecule has 29 heavy (non-hydrogen) atoms. The molecule has 0 spiro atoms. The van der Waals surface area contributed by atoms with Crippen molar-refractivity contribution in [2.45, 2.75) is 57.0 Å². The number of aliphatic hydroxyl groups excluding tert-OH is 1. The van der Waals surface area contributed by atoms with Crippen LogP contribution in [0.3, 0.4) is 0 Å². The van der Waals surface area contributed by atoms with Gasteiger partial charge in [0.05, 0.1) is 18.8 Å². The Morgan fingerprint density at radius 2 is 2.07 bits per heavy atom. The summed E-state index contributed by atoms with van der Waals surface area (Å²) in [5, 5.41) is 19.0. The second-order valence-electron chi connectivity index (χ2n) is 7.26. The number of fused-ring (bicyclic) bond motifs is 6. The van der Waals surface area contributed by atoms with Crippen LogP contribution in [0.25, 0.3) is 0 Å². The van der Waals surface area contributed by atoms with E-state index in [2.05, 4.69) is 10.3 Å². The zero-order valence-corrected chi connectivity index (χ0v) is 16.2. The average Bonchev–Trinajstić information content (AvgIpc) is 3.18. The van der Waals surface area contributed by atoms with Crippen LogP contribution in [0.15, 0.2) is 36.5 Å². The second-order valence-corrected chi connectivity index (χ2v) is 7.26. The van der Waals surface area contributed by atoms with Crippen molar-refractivity contribution in [3.63, 3.8) is 0 Å². The number of hydrogen-bond acceptors (Lipinski definition) is 8. The molecule has 5 rings (SSSR count). The molecule has 2 aromatic rings. The Hall–Kier alpha value is -2.33. The third-order valence-corrected chi connectivity index (χ3v) is 4.98. The molecular formula is C20H25N3O6. The van der Waals surface area contributed by atoms with Crippen LogP contribution in [0.4, 0.5) is 0 Å². The molecule has 3 saturated heterocycles. The van der Waals surface area contributed by atoms with Gasteiger partial charge in [0.25, 0.3) is 0 Å². The number of benzene rings is 1. The quantitative estimate of drug-likeness (QED) is 0.727. The van der Waals surface area contributed by atoms with Gasteiger partial charge in [-0.3, -0.25) is 4.79 Å². The number of aromatic nitrogens is 3. The van der Waals surface area contributed by atoms with Gasteiger partial charge >= 0.3 is 5.97 Å². The van der Waals surface area contributed by atoms with Crippen molar-refractivity contribution in [3.8, 4) is 0 Å². The zero-order chi connectivity index (χ0) is 20.2. The highest BCUT2D eigenvalue weighted by Gasteiger charge is 2.49. The second kappa shape index (κ2) is 9.00. The van der Waals surface area contributed by atoms with Crippen molar-refractivity contribution in [2.24, 2.45) is 0 Å². The monoisotopic (exact) mass is 403 g/mol. The van der Waals surface area contributed by atoms with E-state index in [1.54, 1.807) is 4.68 Å².